The van der Waals surface area contributed by atoms with Crippen LogP contribution in [0.5, 0.6) is 0 Å². The largest absolute Gasteiger partial charge is 0.286 e. The van der Waals surface area contributed by atoms with Crippen LogP contribution in [-0.4, -0.2) is 23.5 Å². The summed E-state index contributed by atoms with van der Waals surface area (Å²) in [5.41, 5.74) is 0.297. The first-order valence-electron chi connectivity index (χ1n) is 7.14. The lowest BCUT2D eigenvalue weighted by molar-refractivity contribution is 0.0689. The molecule has 0 aromatic rings. The molecule has 0 unspecified atom stereocenters. The van der Waals surface area contributed by atoms with Crippen LogP contribution in [-0.2, 0) is 0 Å². The van der Waals surface area contributed by atoms with Crippen LogP contribution in [0.2, 0.25) is 0 Å². The van der Waals surface area contributed by atoms with Crippen molar-refractivity contribution in [3.63, 3.8) is 0 Å². The van der Waals surface area contributed by atoms with Gasteiger partial charge in [-0.2, -0.15) is 5.26 Å². The molecule has 2 rings (SSSR count). The smallest absolute Gasteiger partial charge is 0.109 e. The maximum atomic E-state index is 9.60. The molecule has 96 valence electrons. The molecular formula is C15H26N2. The van der Waals surface area contributed by atoms with E-state index in [0.717, 1.165) is 31.8 Å². The average Bonchev–Trinajstić information content (AvgIpc) is 2.82. The molecule has 0 aromatic heterocycles. The summed E-state index contributed by atoms with van der Waals surface area (Å²) < 4.78 is 0. The van der Waals surface area contributed by atoms with Gasteiger partial charge in [0.25, 0.3) is 0 Å². The van der Waals surface area contributed by atoms with E-state index in [1.807, 2.05) is 0 Å². The van der Waals surface area contributed by atoms with E-state index >= 15 is 0 Å². The Kier molecular flexibility index (Phi) is 3.50. The van der Waals surface area contributed by atoms with Crippen molar-refractivity contribution in [2.24, 2.45) is 11.3 Å². The summed E-state index contributed by atoms with van der Waals surface area (Å²) in [4.78, 5) is 2.46. The minimum Gasteiger partial charge on any atom is -0.286 e. The van der Waals surface area contributed by atoms with Crippen molar-refractivity contribution in [3.05, 3.63) is 0 Å². The minimum absolute atomic E-state index is 0.113. The molecule has 1 aliphatic heterocycles. The van der Waals surface area contributed by atoms with Crippen molar-refractivity contribution >= 4 is 0 Å². The highest BCUT2D eigenvalue weighted by Gasteiger charge is 2.43. The molecule has 0 radical (unpaired) electrons. The van der Waals surface area contributed by atoms with E-state index in [4.69, 9.17) is 0 Å². The van der Waals surface area contributed by atoms with Crippen LogP contribution < -0.4 is 0 Å². The summed E-state index contributed by atoms with van der Waals surface area (Å²) in [7, 11) is 0. The van der Waals surface area contributed by atoms with Gasteiger partial charge in [-0.25, -0.2) is 0 Å². The first-order valence-corrected chi connectivity index (χ1v) is 7.14. The van der Waals surface area contributed by atoms with Gasteiger partial charge in [0.1, 0.15) is 5.54 Å². The molecule has 0 amide bonds. The standard InChI is InChI=1S/C15H26N2/c1-14(2,3)13-6-8-15(12-16,9-7-13)17-10-4-5-11-17/h13H,4-11H2,1-3H3. The summed E-state index contributed by atoms with van der Waals surface area (Å²) in [6, 6.07) is 2.66. The van der Waals surface area contributed by atoms with Crippen LogP contribution in [0.25, 0.3) is 0 Å². The minimum atomic E-state index is -0.113. The second-order valence-corrected chi connectivity index (χ2v) is 6.98. The Bertz CT molecular complexity index is 294. The maximum absolute atomic E-state index is 9.60. The molecule has 1 aliphatic carbocycles. The average molecular weight is 234 g/mol. The molecule has 1 saturated carbocycles. The van der Waals surface area contributed by atoms with E-state index in [1.54, 1.807) is 0 Å². The molecule has 2 nitrogen and oxygen atoms in total. The molecule has 0 bridgehead atoms. The molecule has 0 aromatic carbocycles. The van der Waals surface area contributed by atoms with Gasteiger partial charge < -0.3 is 0 Å². The van der Waals surface area contributed by atoms with Crippen molar-refractivity contribution in [2.75, 3.05) is 13.1 Å². The van der Waals surface area contributed by atoms with Crippen LogP contribution in [0.3, 0.4) is 0 Å². The van der Waals surface area contributed by atoms with Gasteiger partial charge in [0.15, 0.2) is 0 Å². The third-order valence-corrected chi connectivity index (χ3v) is 4.96. The van der Waals surface area contributed by atoms with E-state index in [1.165, 1.54) is 25.7 Å². The van der Waals surface area contributed by atoms with Gasteiger partial charge in [0, 0.05) is 0 Å². The van der Waals surface area contributed by atoms with E-state index in [-0.39, 0.29) is 5.54 Å². The fraction of sp³-hybridized carbons (Fsp3) is 0.933. The second kappa shape index (κ2) is 4.61. The number of likely N-dealkylation sites (tertiary alicyclic amines) is 1. The fourth-order valence-corrected chi connectivity index (χ4v) is 3.61. The van der Waals surface area contributed by atoms with E-state index in [0.29, 0.717) is 5.41 Å². The van der Waals surface area contributed by atoms with Crippen LogP contribution in [0.15, 0.2) is 0 Å². The lowest BCUT2D eigenvalue weighted by Gasteiger charge is -2.44. The van der Waals surface area contributed by atoms with Gasteiger partial charge >= 0.3 is 0 Å². The predicted octanol–water partition coefficient (Wildman–Crippen LogP) is 3.58. The zero-order valence-corrected chi connectivity index (χ0v) is 11.6. The van der Waals surface area contributed by atoms with Gasteiger partial charge in [0.05, 0.1) is 6.07 Å². The molecule has 2 heteroatoms. The molecule has 1 saturated heterocycles. The topological polar surface area (TPSA) is 27.0 Å². The summed E-state index contributed by atoms with van der Waals surface area (Å²) in [5, 5.41) is 9.60. The Morgan fingerprint density at radius 3 is 2.06 bits per heavy atom. The highest BCUT2D eigenvalue weighted by atomic mass is 15.2. The molecule has 17 heavy (non-hydrogen) atoms. The summed E-state index contributed by atoms with van der Waals surface area (Å²) >= 11 is 0. The fourth-order valence-electron chi connectivity index (χ4n) is 3.61. The molecule has 2 aliphatic rings. The summed E-state index contributed by atoms with van der Waals surface area (Å²) in [6.45, 7) is 9.31. The Hall–Kier alpha value is -0.550. The van der Waals surface area contributed by atoms with Gasteiger partial charge in [-0.3, -0.25) is 4.90 Å². The van der Waals surface area contributed by atoms with Crippen LogP contribution >= 0.6 is 0 Å². The van der Waals surface area contributed by atoms with Gasteiger partial charge in [-0.1, -0.05) is 20.8 Å². The Morgan fingerprint density at radius 1 is 1.12 bits per heavy atom. The van der Waals surface area contributed by atoms with Crippen molar-refractivity contribution in [2.45, 2.75) is 64.8 Å². The Morgan fingerprint density at radius 2 is 1.65 bits per heavy atom. The lowest BCUT2D eigenvalue weighted by Crippen LogP contribution is -2.49. The highest BCUT2D eigenvalue weighted by molar-refractivity contribution is 5.11. The predicted molar refractivity (Wildman–Crippen MR) is 70.6 cm³/mol. The van der Waals surface area contributed by atoms with Crippen molar-refractivity contribution in [3.8, 4) is 6.07 Å². The molecule has 1 heterocycles. The SMILES string of the molecule is CC(C)(C)C1CCC(C#N)(N2CCCC2)CC1. The highest BCUT2D eigenvalue weighted by Crippen LogP contribution is 2.44. The van der Waals surface area contributed by atoms with Gasteiger partial charge in [0.2, 0.25) is 0 Å². The van der Waals surface area contributed by atoms with E-state index in [9.17, 15) is 5.26 Å². The second-order valence-electron chi connectivity index (χ2n) is 6.98. The number of nitrogens with zero attached hydrogens (tertiary/aromatic N) is 2. The normalized spacial score (nSPS) is 35.8. The molecular weight excluding hydrogens is 208 g/mol. The van der Waals surface area contributed by atoms with Crippen LogP contribution in [0, 0.1) is 22.7 Å². The van der Waals surface area contributed by atoms with Crippen LogP contribution in [0.4, 0.5) is 0 Å². The third kappa shape index (κ3) is 2.50. The molecule has 0 atom stereocenters. The zero-order valence-electron chi connectivity index (χ0n) is 11.6. The summed E-state index contributed by atoms with van der Waals surface area (Å²) in [6.07, 6.45) is 7.20. The monoisotopic (exact) mass is 234 g/mol. The quantitative estimate of drug-likeness (QED) is 0.693. The molecule has 0 N–H and O–H groups in total. The number of nitriles is 1. The van der Waals surface area contributed by atoms with E-state index < -0.39 is 0 Å². The van der Waals surface area contributed by atoms with Gasteiger partial charge in [-0.05, 0) is 62.9 Å². The number of hydrogen-bond acceptors (Lipinski definition) is 2. The van der Waals surface area contributed by atoms with E-state index in [2.05, 4.69) is 31.7 Å². The Labute approximate surface area is 106 Å². The van der Waals surface area contributed by atoms with Crippen LogP contribution in [0.1, 0.15) is 59.3 Å². The molecule has 2 fully saturated rings. The Balaban J connectivity index is 2.02. The molecule has 0 spiro atoms. The zero-order chi connectivity index (χ0) is 12.5. The number of hydrogen-bond donors (Lipinski definition) is 0. The lowest BCUT2D eigenvalue weighted by atomic mass is 9.67. The van der Waals surface area contributed by atoms with Gasteiger partial charge in [-0.15, -0.1) is 0 Å². The first-order chi connectivity index (χ1) is 7.98. The first kappa shape index (κ1) is 12.9. The number of rotatable bonds is 1. The maximum Gasteiger partial charge on any atom is 0.109 e. The third-order valence-electron chi connectivity index (χ3n) is 4.96. The summed E-state index contributed by atoms with van der Waals surface area (Å²) in [5.74, 6) is 0.798. The van der Waals surface area contributed by atoms with Crippen molar-refractivity contribution in [1.82, 2.24) is 4.90 Å². The van der Waals surface area contributed by atoms with Crippen molar-refractivity contribution < 1.29 is 0 Å². The van der Waals surface area contributed by atoms with Crippen molar-refractivity contribution in [1.29, 1.82) is 5.26 Å².